The lowest BCUT2D eigenvalue weighted by molar-refractivity contribution is -0.140. The van der Waals surface area contributed by atoms with Gasteiger partial charge in [-0.1, -0.05) is 69.6 Å². The van der Waals surface area contributed by atoms with Crippen molar-refractivity contribution in [3.05, 3.63) is 91.7 Å². The van der Waals surface area contributed by atoms with Crippen molar-refractivity contribution < 1.29 is 14.7 Å². The van der Waals surface area contributed by atoms with Crippen molar-refractivity contribution in [2.75, 3.05) is 19.6 Å². The highest BCUT2D eigenvalue weighted by molar-refractivity contribution is 7.13. The number of para-hydroxylation sites is 1. The molecule has 1 saturated heterocycles. The van der Waals surface area contributed by atoms with Crippen molar-refractivity contribution in [2.45, 2.75) is 52.5 Å². The van der Waals surface area contributed by atoms with Crippen molar-refractivity contribution in [2.24, 2.45) is 0 Å². The van der Waals surface area contributed by atoms with Gasteiger partial charge in [-0.15, -0.1) is 11.3 Å². The van der Waals surface area contributed by atoms with Gasteiger partial charge in [0.1, 0.15) is 11.0 Å². The van der Waals surface area contributed by atoms with Crippen LogP contribution in [0.5, 0.6) is 0 Å². The average molecular weight is 619 g/mol. The second-order valence-electron chi connectivity index (χ2n) is 10.9. The van der Waals surface area contributed by atoms with Crippen LogP contribution in [0, 0.1) is 0 Å². The van der Waals surface area contributed by atoms with Crippen molar-refractivity contribution in [3.8, 4) is 27.5 Å². The predicted octanol–water partition coefficient (Wildman–Crippen LogP) is 6.03. The summed E-state index contributed by atoms with van der Waals surface area (Å²) in [4.78, 5) is 47.1. The Morgan fingerprint density at radius 2 is 1.79 bits per heavy atom. The summed E-state index contributed by atoms with van der Waals surface area (Å²) < 4.78 is 1.73. The zero-order chi connectivity index (χ0) is 30.8. The lowest BCUT2D eigenvalue weighted by Gasteiger charge is -2.33. The van der Waals surface area contributed by atoms with Crippen LogP contribution in [-0.4, -0.2) is 57.1 Å². The van der Waals surface area contributed by atoms with E-state index in [0.717, 1.165) is 22.4 Å². The molecule has 1 atom stereocenters. The van der Waals surface area contributed by atoms with Gasteiger partial charge in [-0.3, -0.25) is 19.0 Å². The molecule has 3 heterocycles. The second kappa shape index (κ2) is 12.8. The van der Waals surface area contributed by atoms with E-state index in [9.17, 15) is 19.5 Å². The summed E-state index contributed by atoms with van der Waals surface area (Å²) in [7, 11) is 0. The molecule has 0 bridgehead atoms. The minimum absolute atomic E-state index is 0.0316. The number of halogens is 1. The standard InChI is InChI=1S/C33H35ClN4O4S/c1-5-20-8-7-9-21(6-2)29(20)38-28(19(3)4)24(31(39)37-15-14-35-26(17-37)33(41)42)16-25(32(38)40)30-36-27(18-43-30)22-10-12-23(34)13-11-22/h7-13,16,18-19,26,35H,5-6,14-15,17H2,1-4H3,(H,41,42)/t26-/m1/s1. The first-order valence-corrected chi connectivity index (χ1v) is 15.8. The maximum atomic E-state index is 14.6. The summed E-state index contributed by atoms with van der Waals surface area (Å²) in [5.74, 6) is -1.49. The van der Waals surface area contributed by atoms with Gasteiger partial charge in [0.2, 0.25) is 0 Å². The van der Waals surface area contributed by atoms with Gasteiger partial charge in [0.15, 0.2) is 0 Å². The van der Waals surface area contributed by atoms with E-state index in [1.165, 1.54) is 11.3 Å². The largest absolute Gasteiger partial charge is 0.480 e. The van der Waals surface area contributed by atoms with Crippen LogP contribution in [0.3, 0.4) is 0 Å². The topological polar surface area (TPSA) is 105 Å². The molecular formula is C33H35ClN4O4S. The normalized spacial score (nSPS) is 15.2. The fourth-order valence-electron chi connectivity index (χ4n) is 5.67. The summed E-state index contributed by atoms with van der Waals surface area (Å²) in [5, 5.41) is 15.6. The maximum absolute atomic E-state index is 14.6. The van der Waals surface area contributed by atoms with Gasteiger partial charge in [-0.05, 0) is 48.1 Å². The average Bonchev–Trinajstić information content (AvgIpc) is 3.50. The van der Waals surface area contributed by atoms with Gasteiger partial charge in [0.05, 0.1) is 22.5 Å². The van der Waals surface area contributed by atoms with Gasteiger partial charge >= 0.3 is 5.97 Å². The van der Waals surface area contributed by atoms with E-state index in [2.05, 4.69) is 19.2 Å². The highest BCUT2D eigenvalue weighted by Crippen LogP contribution is 2.33. The number of hydrogen-bond acceptors (Lipinski definition) is 6. The molecule has 5 rings (SSSR count). The lowest BCUT2D eigenvalue weighted by atomic mass is 9.96. The van der Waals surface area contributed by atoms with Gasteiger partial charge in [-0.2, -0.15) is 0 Å². The number of rotatable bonds is 8. The van der Waals surface area contributed by atoms with Crippen LogP contribution in [0.2, 0.25) is 5.02 Å². The summed E-state index contributed by atoms with van der Waals surface area (Å²) in [6.07, 6.45) is 1.41. The SMILES string of the molecule is CCc1cccc(CC)c1-n1c(C(C)C)c(C(=O)N2CCN[C@@H](C(=O)O)C2)cc(-c2nc(-c3ccc(Cl)cc3)cs2)c1=O. The molecule has 0 aliphatic carbocycles. The minimum Gasteiger partial charge on any atom is -0.480 e. The number of amides is 1. The van der Waals surface area contributed by atoms with E-state index in [-0.39, 0.29) is 23.9 Å². The van der Waals surface area contributed by atoms with E-state index in [1.54, 1.807) is 27.7 Å². The van der Waals surface area contributed by atoms with Gasteiger partial charge in [0, 0.05) is 41.3 Å². The minimum atomic E-state index is -1.01. The molecule has 0 radical (unpaired) electrons. The second-order valence-corrected chi connectivity index (χ2v) is 12.2. The number of carbonyl (C=O) groups is 2. The number of carboxylic acids is 1. The molecule has 0 unspecified atom stereocenters. The number of benzene rings is 2. The Balaban J connectivity index is 1.78. The number of nitrogens with zero attached hydrogens (tertiary/aromatic N) is 3. The zero-order valence-corrected chi connectivity index (χ0v) is 26.3. The first kappa shape index (κ1) is 30.7. The zero-order valence-electron chi connectivity index (χ0n) is 24.7. The molecule has 0 spiro atoms. The molecule has 1 aliphatic rings. The van der Waals surface area contributed by atoms with Crippen LogP contribution in [-0.2, 0) is 17.6 Å². The number of piperazine rings is 1. The van der Waals surface area contributed by atoms with Crippen LogP contribution in [0.1, 0.15) is 60.8 Å². The van der Waals surface area contributed by atoms with Crippen molar-refractivity contribution in [1.29, 1.82) is 0 Å². The monoisotopic (exact) mass is 618 g/mol. The fourth-order valence-corrected chi connectivity index (χ4v) is 6.63. The molecule has 2 N–H and O–H groups in total. The number of hydrogen-bond donors (Lipinski definition) is 2. The van der Waals surface area contributed by atoms with Crippen molar-refractivity contribution in [3.63, 3.8) is 0 Å². The Hall–Kier alpha value is -3.79. The van der Waals surface area contributed by atoms with Crippen molar-refractivity contribution in [1.82, 2.24) is 19.8 Å². The van der Waals surface area contributed by atoms with E-state index in [0.29, 0.717) is 58.5 Å². The predicted molar refractivity (Wildman–Crippen MR) is 172 cm³/mol. The molecule has 224 valence electrons. The molecule has 10 heteroatoms. The molecule has 43 heavy (non-hydrogen) atoms. The van der Waals surface area contributed by atoms with Crippen molar-refractivity contribution >= 4 is 34.8 Å². The van der Waals surface area contributed by atoms with E-state index < -0.39 is 12.0 Å². The summed E-state index contributed by atoms with van der Waals surface area (Å²) in [6.45, 7) is 8.81. The van der Waals surface area contributed by atoms with E-state index in [1.807, 2.05) is 49.6 Å². The Bertz CT molecular complexity index is 1710. The van der Waals surface area contributed by atoms with Crippen LogP contribution in [0.25, 0.3) is 27.5 Å². The van der Waals surface area contributed by atoms with E-state index in [4.69, 9.17) is 16.6 Å². The third-order valence-corrected chi connectivity index (χ3v) is 8.97. The number of thiazole rings is 1. The molecular weight excluding hydrogens is 584 g/mol. The van der Waals surface area contributed by atoms with E-state index >= 15 is 0 Å². The number of aryl methyl sites for hydroxylation is 2. The highest BCUT2D eigenvalue weighted by Gasteiger charge is 2.32. The number of nitrogens with one attached hydrogen (secondary N) is 1. The summed E-state index contributed by atoms with van der Waals surface area (Å²) in [6, 6.07) is 14.2. The first-order chi connectivity index (χ1) is 20.6. The molecule has 1 amide bonds. The summed E-state index contributed by atoms with van der Waals surface area (Å²) >= 11 is 7.43. The number of aromatic nitrogens is 2. The third-order valence-electron chi connectivity index (χ3n) is 7.84. The molecule has 8 nitrogen and oxygen atoms in total. The Morgan fingerprint density at radius 1 is 1.12 bits per heavy atom. The number of carboxylic acid groups (broad SMARTS) is 1. The van der Waals surface area contributed by atoms with Gasteiger partial charge in [-0.25, -0.2) is 4.98 Å². The Labute approximate surface area is 260 Å². The lowest BCUT2D eigenvalue weighted by Crippen LogP contribution is -2.56. The van der Waals surface area contributed by atoms with Crippen LogP contribution in [0.4, 0.5) is 0 Å². The Kier molecular flexibility index (Phi) is 9.15. The summed E-state index contributed by atoms with van der Waals surface area (Å²) in [5.41, 5.74) is 5.47. The Morgan fingerprint density at radius 3 is 2.40 bits per heavy atom. The van der Waals surface area contributed by atoms with Crippen LogP contribution in [0.15, 0.2) is 58.7 Å². The van der Waals surface area contributed by atoms with Crippen LogP contribution < -0.4 is 10.9 Å². The van der Waals surface area contributed by atoms with Gasteiger partial charge in [0.25, 0.3) is 11.5 Å². The molecule has 1 fully saturated rings. The third kappa shape index (κ3) is 6.02. The molecule has 2 aromatic heterocycles. The molecule has 4 aromatic rings. The quantitative estimate of drug-likeness (QED) is 0.250. The fraction of sp³-hybridized carbons (Fsp3) is 0.333. The number of carbonyl (C=O) groups excluding carboxylic acids is 1. The molecule has 1 aliphatic heterocycles. The van der Waals surface area contributed by atoms with Crippen LogP contribution >= 0.6 is 22.9 Å². The van der Waals surface area contributed by atoms with Gasteiger partial charge < -0.3 is 15.3 Å². The molecule has 0 saturated carbocycles. The number of aliphatic carboxylic acids is 1. The maximum Gasteiger partial charge on any atom is 0.322 e. The highest BCUT2D eigenvalue weighted by atomic mass is 35.5. The first-order valence-electron chi connectivity index (χ1n) is 14.5. The molecule has 2 aromatic carbocycles. The number of pyridine rings is 1. The smallest absolute Gasteiger partial charge is 0.322 e.